The van der Waals surface area contributed by atoms with Crippen LogP contribution in [0.4, 0.5) is 0 Å². The molecule has 3 rings (SSSR count). The number of likely N-dealkylation sites (tertiary alicyclic amines) is 1. The summed E-state index contributed by atoms with van der Waals surface area (Å²) < 4.78 is 17.0. The van der Waals surface area contributed by atoms with Gasteiger partial charge >= 0.3 is 0 Å². The van der Waals surface area contributed by atoms with Gasteiger partial charge in [-0.2, -0.15) is 0 Å². The largest absolute Gasteiger partial charge is 0.507 e. The molecule has 1 atom stereocenters. The molecule has 200 valence electrons. The zero-order chi connectivity index (χ0) is 27.1. The van der Waals surface area contributed by atoms with Gasteiger partial charge in [-0.15, -0.1) is 0 Å². The fourth-order valence-electron chi connectivity index (χ4n) is 4.32. The number of hydrogen-bond donors (Lipinski definition) is 1. The Kier molecular flexibility index (Phi) is 9.58. The Labute approximate surface area is 219 Å². The van der Waals surface area contributed by atoms with Crippen LogP contribution in [-0.2, 0) is 9.59 Å². The number of ether oxygens (including phenoxy) is 3. The highest BCUT2D eigenvalue weighted by molar-refractivity contribution is 6.46. The van der Waals surface area contributed by atoms with Gasteiger partial charge in [-0.1, -0.05) is 13.0 Å². The lowest BCUT2D eigenvalue weighted by atomic mass is 9.95. The van der Waals surface area contributed by atoms with Crippen LogP contribution in [0, 0.1) is 0 Å². The van der Waals surface area contributed by atoms with E-state index in [1.807, 2.05) is 45.8 Å². The van der Waals surface area contributed by atoms with Gasteiger partial charge < -0.3 is 29.1 Å². The Balaban J connectivity index is 2.08. The van der Waals surface area contributed by atoms with Crippen molar-refractivity contribution in [3.8, 4) is 17.2 Å². The van der Waals surface area contributed by atoms with Gasteiger partial charge in [0.2, 0.25) is 0 Å². The van der Waals surface area contributed by atoms with Crippen LogP contribution >= 0.6 is 0 Å². The molecule has 1 aliphatic heterocycles. The number of hydrogen-bond acceptors (Lipinski definition) is 7. The molecule has 1 heterocycles. The molecule has 8 heteroatoms. The number of amides is 1. The van der Waals surface area contributed by atoms with Crippen LogP contribution in [0.1, 0.15) is 50.8 Å². The second-order valence-corrected chi connectivity index (χ2v) is 9.60. The Morgan fingerprint density at radius 1 is 1.08 bits per heavy atom. The summed E-state index contributed by atoms with van der Waals surface area (Å²) in [4.78, 5) is 30.0. The average Bonchev–Trinajstić information content (AvgIpc) is 3.12. The molecule has 1 N–H and O–H groups in total. The first kappa shape index (κ1) is 28.1. The molecule has 0 bridgehead atoms. The van der Waals surface area contributed by atoms with Gasteiger partial charge in [-0.05, 0) is 89.3 Å². The van der Waals surface area contributed by atoms with E-state index in [2.05, 4.69) is 0 Å². The third kappa shape index (κ3) is 6.63. The number of Topliss-reactive ketones (excluding diaryl/α,β-unsaturated/α-hetero) is 1. The number of aliphatic hydroxyl groups excluding tert-OH is 1. The Morgan fingerprint density at radius 2 is 1.78 bits per heavy atom. The average molecular weight is 511 g/mol. The van der Waals surface area contributed by atoms with Crippen LogP contribution in [-0.4, -0.2) is 73.6 Å². The van der Waals surface area contributed by atoms with Gasteiger partial charge in [-0.25, -0.2) is 0 Å². The van der Waals surface area contributed by atoms with Gasteiger partial charge in [0.1, 0.15) is 11.5 Å². The SMILES string of the molecule is CCCOc1ccc(C2/C(=C(/O)c3ccc(OC(C)C)cc3)C(=O)C(=O)N2CCCN(C)C)cc1OC. The molecule has 0 aromatic heterocycles. The Morgan fingerprint density at radius 3 is 2.38 bits per heavy atom. The number of aliphatic hydroxyl groups is 1. The predicted octanol–water partition coefficient (Wildman–Crippen LogP) is 4.64. The minimum absolute atomic E-state index is 0.00574. The summed E-state index contributed by atoms with van der Waals surface area (Å²) in [6, 6.07) is 11.4. The molecular formula is C29H38N2O6. The smallest absolute Gasteiger partial charge is 0.295 e. The van der Waals surface area contributed by atoms with E-state index in [4.69, 9.17) is 14.2 Å². The van der Waals surface area contributed by atoms with Crippen LogP contribution in [0.2, 0.25) is 0 Å². The highest BCUT2D eigenvalue weighted by Gasteiger charge is 2.46. The molecule has 0 radical (unpaired) electrons. The van der Waals surface area contributed by atoms with E-state index in [0.717, 1.165) is 13.0 Å². The number of nitrogens with zero attached hydrogens (tertiary/aromatic N) is 2. The van der Waals surface area contributed by atoms with E-state index in [1.54, 1.807) is 43.5 Å². The molecule has 8 nitrogen and oxygen atoms in total. The van der Waals surface area contributed by atoms with Crippen molar-refractivity contribution in [2.75, 3.05) is 40.9 Å². The van der Waals surface area contributed by atoms with Crippen LogP contribution in [0.25, 0.3) is 5.76 Å². The summed E-state index contributed by atoms with van der Waals surface area (Å²) in [5.41, 5.74) is 1.14. The van der Waals surface area contributed by atoms with Gasteiger partial charge in [0, 0.05) is 12.1 Å². The number of rotatable bonds is 12. The number of ketones is 1. The molecule has 0 spiro atoms. The standard InChI is InChI=1S/C29H38N2O6/c1-7-17-36-23-14-11-21(18-24(23)35-6)26-25(28(33)29(34)31(26)16-8-15-30(4)5)27(32)20-9-12-22(13-10-20)37-19(2)3/h9-14,18-19,26,32H,7-8,15-17H2,1-6H3/b27-25-. The predicted molar refractivity (Wildman–Crippen MR) is 143 cm³/mol. The molecule has 1 unspecified atom stereocenters. The van der Waals surface area contributed by atoms with Gasteiger partial charge in [-0.3, -0.25) is 9.59 Å². The van der Waals surface area contributed by atoms with Crippen LogP contribution in [0.3, 0.4) is 0 Å². The lowest BCUT2D eigenvalue weighted by Crippen LogP contribution is -2.32. The monoisotopic (exact) mass is 510 g/mol. The van der Waals surface area contributed by atoms with Crippen LogP contribution in [0.15, 0.2) is 48.0 Å². The van der Waals surface area contributed by atoms with Crippen molar-refractivity contribution in [1.29, 1.82) is 0 Å². The van der Waals surface area contributed by atoms with E-state index < -0.39 is 17.7 Å². The minimum atomic E-state index is -0.761. The first-order chi connectivity index (χ1) is 17.7. The zero-order valence-electron chi connectivity index (χ0n) is 22.6. The number of benzene rings is 2. The van der Waals surface area contributed by atoms with Crippen molar-refractivity contribution in [2.45, 2.75) is 45.8 Å². The molecule has 1 saturated heterocycles. The lowest BCUT2D eigenvalue weighted by Gasteiger charge is -2.26. The van der Waals surface area contributed by atoms with E-state index in [-0.39, 0.29) is 17.4 Å². The summed E-state index contributed by atoms with van der Waals surface area (Å²) in [5, 5.41) is 11.3. The quantitative estimate of drug-likeness (QED) is 0.253. The molecular weight excluding hydrogens is 472 g/mol. The van der Waals surface area contributed by atoms with E-state index in [9.17, 15) is 14.7 Å². The fraction of sp³-hybridized carbons (Fsp3) is 0.448. The molecule has 1 fully saturated rings. The minimum Gasteiger partial charge on any atom is -0.507 e. The zero-order valence-corrected chi connectivity index (χ0v) is 22.6. The highest BCUT2D eigenvalue weighted by Crippen LogP contribution is 2.42. The van der Waals surface area contributed by atoms with Gasteiger partial charge in [0.15, 0.2) is 11.5 Å². The molecule has 2 aromatic rings. The Bertz CT molecular complexity index is 1120. The summed E-state index contributed by atoms with van der Waals surface area (Å²) >= 11 is 0. The van der Waals surface area contributed by atoms with Crippen molar-refractivity contribution in [2.24, 2.45) is 0 Å². The number of methoxy groups -OCH3 is 1. The molecule has 2 aromatic carbocycles. The molecule has 0 aliphatic carbocycles. The summed E-state index contributed by atoms with van der Waals surface area (Å²) in [6.07, 6.45) is 1.52. The number of carbonyl (C=O) groups excluding carboxylic acids is 2. The maximum absolute atomic E-state index is 13.3. The molecule has 1 amide bonds. The van der Waals surface area contributed by atoms with Crippen molar-refractivity contribution in [1.82, 2.24) is 9.80 Å². The first-order valence-corrected chi connectivity index (χ1v) is 12.7. The van der Waals surface area contributed by atoms with E-state index >= 15 is 0 Å². The molecule has 37 heavy (non-hydrogen) atoms. The second-order valence-electron chi connectivity index (χ2n) is 9.60. The normalized spacial score (nSPS) is 17.1. The Hall–Kier alpha value is -3.52. The van der Waals surface area contributed by atoms with Gasteiger partial charge in [0.25, 0.3) is 11.7 Å². The maximum Gasteiger partial charge on any atom is 0.295 e. The van der Waals surface area contributed by atoms with Crippen molar-refractivity contribution >= 4 is 17.4 Å². The summed E-state index contributed by atoms with van der Waals surface area (Å²) in [5.74, 6) is 0.174. The van der Waals surface area contributed by atoms with E-state index in [0.29, 0.717) is 47.9 Å². The van der Waals surface area contributed by atoms with Crippen molar-refractivity contribution < 1.29 is 28.9 Å². The third-order valence-corrected chi connectivity index (χ3v) is 6.01. The summed E-state index contributed by atoms with van der Waals surface area (Å²) in [6.45, 7) is 7.53. The fourth-order valence-corrected chi connectivity index (χ4v) is 4.32. The van der Waals surface area contributed by atoms with Crippen LogP contribution < -0.4 is 14.2 Å². The third-order valence-electron chi connectivity index (χ3n) is 6.01. The lowest BCUT2D eigenvalue weighted by molar-refractivity contribution is -0.139. The summed E-state index contributed by atoms with van der Waals surface area (Å²) in [7, 11) is 5.46. The van der Waals surface area contributed by atoms with Crippen molar-refractivity contribution in [3.05, 3.63) is 59.2 Å². The number of carbonyl (C=O) groups is 2. The first-order valence-electron chi connectivity index (χ1n) is 12.7. The topological polar surface area (TPSA) is 88.5 Å². The maximum atomic E-state index is 13.3. The molecule has 1 aliphatic rings. The van der Waals surface area contributed by atoms with Crippen LogP contribution in [0.5, 0.6) is 17.2 Å². The highest BCUT2D eigenvalue weighted by atomic mass is 16.5. The second kappa shape index (κ2) is 12.6. The van der Waals surface area contributed by atoms with Crippen molar-refractivity contribution in [3.63, 3.8) is 0 Å². The molecule has 0 saturated carbocycles. The van der Waals surface area contributed by atoms with Gasteiger partial charge in [0.05, 0.1) is 31.4 Å². The van der Waals surface area contributed by atoms with E-state index in [1.165, 1.54) is 4.90 Å².